The van der Waals surface area contributed by atoms with Gasteiger partial charge in [-0.05, 0) is 30.2 Å². The standard InChI is InChI=1S/C14H12N/c1-2-10-7-8-12-11-5-3-4-6-13(11)15-14(12)9-10/h3-4,6-9,15H,2H2,1H3. The van der Waals surface area contributed by atoms with Crippen LogP contribution in [0.1, 0.15) is 12.5 Å². The molecule has 0 atom stereocenters. The number of aryl methyl sites for hydroxylation is 1. The minimum Gasteiger partial charge on any atom is -0.354 e. The van der Waals surface area contributed by atoms with Crippen molar-refractivity contribution < 1.29 is 0 Å². The van der Waals surface area contributed by atoms with Crippen LogP contribution in [0.15, 0.2) is 36.4 Å². The van der Waals surface area contributed by atoms with Gasteiger partial charge in [0.1, 0.15) is 0 Å². The molecular formula is C14H12N. The molecule has 1 radical (unpaired) electrons. The average molecular weight is 194 g/mol. The molecule has 3 rings (SSSR count). The van der Waals surface area contributed by atoms with E-state index in [4.69, 9.17) is 0 Å². The highest BCUT2D eigenvalue weighted by atomic mass is 14.7. The maximum Gasteiger partial charge on any atom is 0.0471 e. The first-order valence-corrected chi connectivity index (χ1v) is 5.29. The van der Waals surface area contributed by atoms with Crippen molar-refractivity contribution in [1.82, 2.24) is 4.98 Å². The first kappa shape index (κ1) is 8.54. The summed E-state index contributed by atoms with van der Waals surface area (Å²) in [5, 5.41) is 2.46. The fourth-order valence-corrected chi connectivity index (χ4v) is 2.04. The van der Waals surface area contributed by atoms with E-state index in [0.717, 1.165) is 6.42 Å². The molecule has 0 saturated heterocycles. The lowest BCUT2D eigenvalue weighted by molar-refractivity contribution is 1.14. The Bertz CT molecular complexity index is 619. The van der Waals surface area contributed by atoms with Crippen LogP contribution in [0, 0.1) is 6.07 Å². The van der Waals surface area contributed by atoms with Crippen LogP contribution in [0.4, 0.5) is 0 Å². The Morgan fingerprint density at radius 3 is 3.00 bits per heavy atom. The van der Waals surface area contributed by atoms with E-state index in [-0.39, 0.29) is 0 Å². The van der Waals surface area contributed by atoms with Crippen LogP contribution in [0.25, 0.3) is 21.8 Å². The third-order valence-corrected chi connectivity index (χ3v) is 2.89. The molecule has 1 aromatic heterocycles. The molecule has 0 spiro atoms. The van der Waals surface area contributed by atoms with Crippen molar-refractivity contribution in [2.24, 2.45) is 0 Å². The van der Waals surface area contributed by atoms with Gasteiger partial charge < -0.3 is 4.98 Å². The molecule has 73 valence electrons. The Morgan fingerprint density at radius 1 is 1.20 bits per heavy atom. The van der Waals surface area contributed by atoms with E-state index in [1.165, 1.54) is 27.4 Å². The van der Waals surface area contributed by atoms with Gasteiger partial charge in [0.25, 0.3) is 0 Å². The summed E-state index contributed by atoms with van der Waals surface area (Å²) in [7, 11) is 0. The quantitative estimate of drug-likeness (QED) is 0.608. The van der Waals surface area contributed by atoms with E-state index < -0.39 is 0 Å². The summed E-state index contributed by atoms with van der Waals surface area (Å²) in [6.45, 7) is 2.18. The number of benzene rings is 2. The Balaban J connectivity index is 2.43. The van der Waals surface area contributed by atoms with Gasteiger partial charge in [0.15, 0.2) is 0 Å². The Morgan fingerprint density at radius 2 is 2.13 bits per heavy atom. The lowest BCUT2D eigenvalue weighted by Crippen LogP contribution is -1.78. The molecule has 0 amide bonds. The lowest BCUT2D eigenvalue weighted by atomic mass is 10.1. The maximum atomic E-state index is 3.42. The van der Waals surface area contributed by atoms with Gasteiger partial charge in [-0.2, -0.15) is 0 Å². The molecule has 1 nitrogen and oxygen atoms in total. The minimum atomic E-state index is 1.08. The number of fused-ring (bicyclic) bond motifs is 3. The summed E-state index contributed by atoms with van der Waals surface area (Å²) in [5.74, 6) is 0. The Kier molecular flexibility index (Phi) is 1.78. The molecule has 3 aromatic rings. The van der Waals surface area contributed by atoms with Gasteiger partial charge >= 0.3 is 0 Å². The zero-order valence-corrected chi connectivity index (χ0v) is 8.67. The van der Waals surface area contributed by atoms with Crippen molar-refractivity contribution in [3.8, 4) is 0 Å². The largest absolute Gasteiger partial charge is 0.354 e. The van der Waals surface area contributed by atoms with Gasteiger partial charge in [-0.15, -0.1) is 0 Å². The van der Waals surface area contributed by atoms with Gasteiger partial charge in [-0.25, -0.2) is 0 Å². The summed E-state index contributed by atoms with van der Waals surface area (Å²) >= 11 is 0. The van der Waals surface area contributed by atoms with Crippen LogP contribution in [0.5, 0.6) is 0 Å². The number of nitrogens with one attached hydrogen (secondary N) is 1. The topological polar surface area (TPSA) is 15.8 Å². The summed E-state index contributed by atoms with van der Waals surface area (Å²) in [5.41, 5.74) is 3.75. The van der Waals surface area contributed by atoms with E-state index in [2.05, 4.69) is 42.2 Å². The van der Waals surface area contributed by atoms with Gasteiger partial charge in [0, 0.05) is 21.8 Å². The van der Waals surface area contributed by atoms with Gasteiger partial charge in [-0.1, -0.05) is 31.2 Å². The summed E-state index contributed by atoms with van der Waals surface area (Å²) in [6.07, 6.45) is 1.08. The first-order chi connectivity index (χ1) is 7.38. The summed E-state index contributed by atoms with van der Waals surface area (Å²) in [4.78, 5) is 3.42. The minimum absolute atomic E-state index is 1.08. The molecule has 1 heterocycles. The predicted molar refractivity (Wildman–Crippen MR) is 64.0 cm³/mol. The van der Waals surface area contributed by atoms with Crippen LogP contribution >= 0.6 is 0 Å². The van der Waals surface area contributed by atoms with Crippen LogP contribution in [0.2, 0.25) is 0 Å². The van der Waals surface area contributed by atoms with E-state index >= 15 is 0 Å². The monoisotopic (exact) mass is 194 g/mol. The van der Waals surface area contributed by atoms with Crippen LogP contribution in [0.3, 0.4) is 0 Å². The van der Waals surface area contributed by atoms with E-state index in [1.807, 2.05) is 12.1 Å². The molecule has 2 aromatic carbocycles. The molecule has 1 N–H and O–H groups in total. The molecule has 0 aliphatic carbocycles. The van der Waals surface area contributed by atoms with Crippen LogP contribution in [-0.2, 0) is 6.42 Å². The summed E-state index contributed by atoms with van der Waals surface area (Å²) < 4.78 is 0. The molecule has 0 bridgehead atoms. The van der Waals surface area contributed by atoms with Crippen LogP contribution in [-0.4, -0.2) is 4.98 Å². The first-order valence-electron chi connectivity index (χ1n) is 5.29. The van der Waals surface area contributed by atoms with Crippen molar-refractivity contribution in [3.05, 3.63) is 48.0 Å². The fourth-order valence-electron chi connectivity index (χ4n) is 2.04. The van der Waals surface area contributed by atoms with Gasteiger partial charge in [0.2, 0.25) is 0 Å². The smallest absolute Gasteiger partial charge is 0.0471 e. The van der Waals surface area contributed by atoms with Gasteiger partial charge in [0.05, 0.1) is 0 Å². The number of H-pyrrole nitrogens is 1. The van der Waals surface area contributed by atoms with Crippen molar-refractivity contribution in [1.29, 1.82) is 0 Å². The predicted octanol–water partition coefficient (Wildman–Crippen LogP) is 3.68. The van der Waals surface area contributed by atoms with E-state index in [1.54, 1.807) is 0 Å². The molecule has 0 aliphatic rings. The fraction of sp³-hybridized carbons (Fsp3) is 0.143. The normalized spacial score (nSPS) is 11.3. The van der Waals surface area contributed by atoms with Crippen LogP contribution < -0.4 is 0 Å². The van der Waals surface area contributed by atoms with Crippen molar-refractivity contribution in [2.45, 2.75) is 13.3 Å². The van der Waals surface area contributed by atoms with Gasteiger partial charge in [-0.3, -0.25) is 0 Å². The molecule has 15 heavy (non-hydrogen) atoms. The third kappa shape index (κ3) is 1.23. The number of hydrogen-bond acceptors (Lipinski definition) is 0. The molecule has 0 fully saturated rings. The number of aromatic nitrogens is 1. The molecule has 0 unspecified atom stereocenters. The zero-order valence-electron chi connectivity index (χ0n) is 8.67. The van der Waals surface area contributed by atoms with Crippen molar-refractivity contribution in [2.75, 3.05) is 0 Å². The molecular weight excluding hydrogens is 182 g/mol. The van der Waals surface area contributed by atoms with Crippen molar-refractivity contribution >= 4 is 21.8 Å². The van der Waals surface area contributed by atoms with E-state index in [0.29, 0.717) is 0 Å². The highest BCUT2D eigenvalue weighted by Crippen LogP contribution is 2.25. The Hall–Kier alpha value is -1.76. The lowest BCUT2D eigenvalue weighted by Gasteiger charge is -1.95. The molecule has 1 heteroatoms. The summed E-state index contributed by atoms with van der Waals surface area (Å²) in [6, 6.07) is 15.9. The number of hydrogen-bond donors (Lipinski definition) is 1. The second-order valence-corrected chi connectivity index (χ2v) is 3.82. The second-order valence-electron chi connectivity index (χ2n) is 3.82. The highest BCUT2D eigenvalue weighted by molar-refractivity contribution is 6.06. The highest BCUT2D eigenvalue weighted by Gasteiger charge is 2.03. The molecule has 0 aliphatic heterocycles. The third-order valence-electron chi connectivity index (χ3n) is 2.89. The average Bonchev–Trinajstić information content (AvgIpc) is 2.66. The van der Waals surface area contributed by atoms with Crippen molar-refractivity contribution in [3.63, 3.8) is 0 Å². The number of aromatic amines is 1. The Labute approximate surface area is 88.7 Å². The van der Waals surface area contributed by atoms with E-state index in [9.17, 15) is 0 Å². The SMILES string of the molecule is CCc1ccc2c(c1)[nH]c1ccc[c]c12. The maximum absolute atomic E-state index is 3.42. The molecule has 0 saturated carbocycles. The zero-order chi connectivity index (χ0) is 10.3. The second kappa shape index (κ2) is 3.13. The number of rotatable bonds is 1.